The normalized spacial score (nSPS) is 11.4. The number of carbonyl (C=O) groups excluding carboxylic acids is 2. The summed E-state index contributed by atoms with van der Waals surface area (Å²) in [5.74, 6) is -0.460. The van der Waals surface area contributed by atoms with Crippen LogP contribution < -0.4 is 10.6 Å². The summed E-state index contributed by atoms with van der Waals surface area (Å²) < 4.78 is 37.5. The van der Waals surface area contributed by atoms with Crippen LogP contribution in [0.2, 0.25) is 0 Å². The lowest BCUT2D eigenvalue weighted by molar-refractivity contribution is -0.137. The summed E-state index contributed by atoms with van der Waals surface area (Å²) in [6.07, 6.45) is -0.911. The third kappa shape index (κ3) is 6.97. The fourth-order valence-electron chi connectivity index (χ4n) is 2.30. The van der Waals surface area contributed by atoms with E-state index in [9.17, 15) is 22.8 Å². The van der Waals surface area contributed by atoms with E-state index >= 15 is 0 Å². The number of anilines is 1. The van der Waals surface area contributed by atoms with Crippen molar-refractivity contribution in [3.8, 4) is 0 Å². The van der Waals surface area contributed by atoms with E-state index in [0.29, 0.717) is 24.2 Å². The Hall–Kier alpha value is -3.09. The van der Waals surface area contributed by atoms with Crippen molar-refractivity contribution in [2.75, 3.05) is 11.9 Å². The Morgan fingerprint density at radius 1 is 1.00 bits per heavy atom. The number of hydrogen-bond donors (Lipinski definition) is 2. The van der Waals surface area contributed by atoms with Gasteiger partial charge in [0.05, 0.1) is 5.56 Å². The van der Waals surface area contributed by atoms with Crippen molar-refractivity contribution in [2.24, 2.45) is 0 Å². The summed E-state index contributed by atoms with van der Waals surface area (Å²) in [5, 5.41) is 5.33. The highest BCUT2D eigenvalue weighted by Crippen LogP contribution is 2.29. The van der Waals surface area contributed by atoms with E-state index in [4.69, 9.17) is 0 Å². The van der Waals surface area contributed by atoms with E-state index in [2.05, 4.69) is 10.6 Å². The number of rotatable bonds is 6. The molecular weight excluding hydrogens is 357 g/mol. The number of carbonyl (C=O) groups is 2. The summed E-state index contributed by atoms with van der Waals surface area (Å²) in [6.45, 7) is 1.73. The van der Waals surface area contributed by atoms with Gasteiger partial charge in [0.1, 0.15) is 0 Å². The second-order valence-electron chi connectivity index (χ2n) is 5.87. The van der Waals surface area contributed by atoms with Gasteiger partial charge in [0, 0.05) is 25.2 Å². The lowest BCUT2D eigenvalue weighted by Crippen LogP contribution is -2.23. The standard InChI is InChI=1S/C20H19F3N2O2/c1-14(26)25-18-9-4-15(5-10-18)6-11-19(27)24-13-12-16-2-7-17(8-3-16)20(21,22)23/h2-11H,12-13H2,1H3,(H,24,27)(H,25,26)/b11-6+. The molecule has 0 bridgehead atoms. The Labute approximate surface area is 155 Å². The number of benzene rings is 2. The first kappa shape index (κ1) is 20.2. The molecule has 0 aliphatic heterocycles. The molecule has 2 rings (SSSR count). The summed E-state index contributed by atoms with van der Waals surface area (Å²) in [4.78, 5) is 22.7. The number of nitrogens with one attached hydrogen (secondary N) is 2. The van der Waals surface area contributed by atoms with Crippen LogP contribution in [0.5, 0.6) is 0 Å². The van der Waals surface area contributed by atoms with Crippen molar-refractivity contribution < 1.29 is 22.8 Å². The van der Waals surface area contributed by atoms with Crippen LogP contribution in [-0.2, 0) is 22.2 Å². The van der Waals surface area contributed by atoms with Crippen LogP contribution in [0.4, 0.5) is 18.9 Å². The Balaban J connectivity index is 1.78. The minimum Gasteiger partial charge on any atom is -0.352 e. The van der Waals surface area contributed by atoms with Crippen LogP contribution in [-0.4, -0.2) is 18.4 Å². The first-order valence-electron chi connectivity index (χ1n) is 8.24. The smallest absolute Gasteiger partial charge is 0.352 e. The van der Waals surface area contributed by atoms with Gasteiger partial charge in [0.15, 0.2) is 0 Å². The molecule has 0 heterocycles. The second-order valence-corrected chi connectivity index (χ2v) is 5.87. The van der Waals surface area contributed by atoms with E-state index < -0.39 is 11.7 Å². The van der Waals surface area contributed by atoms with Crippen LogP contribution in [0.1, 0.15) is 23.6 Å². The largest absolute Gasteiger partial charge is 0.416 e. The lowest BCUT2D eigenvalue weighted by Gasteiger charge is -2.07. The highest BCUT2D eigenvalue weighted by Gasteiger charge is 2.29. The van der Waals surface area contributed by atoms with Crippen LogP contribution in [0.15, 0.2) is 54.6 Å². The maximum Gasteiger partial charge on any atom is 0.416 e. The van der Waals surface area contributed by atoms with Crippen LogP contribution in [0, 0.1) is 0 Å². The summed E-state index contributed by atoms with van der Waals surface area (Å²) >= 11 is 0. The van der Waals surface area contributed by atoms with Gasteiger partial charge >= 0.3 is 6.18 Å². The fourth-order valence-corrected chi connectivity index (χ4v) is 2.30. The quantitative estimate of drug-likeness (QED) is 0.748. The van der Waals surface area contributed by atoms with Gasteiger partial charge < -0.3 is 10.6 Å². The molecule has 2 N–H and O–H groups in total. The van der Waals surface area contributed by atoms with Crippen molar-refractivity contribution in [3.05, 3.63) is 71.3 Å². The molecule has 0 unspecified atom stereocenters. The molecule has 0 spiro atoms. The Morgan fingerprint density at radius 3 is 2.19 bits per heavy atom. The van der Waals surface area contributed by atoms with Crippen molar-refractivity contribution in [1.82, 2.24) is 5.32 Å². The first-order chi connectivity index (χ1) is 12.7. The zero-order chi connectivity index (χ0) is 19.9. The molecule has 0 atom stereocenters. The third-order valence-electron chi connectivity index (χ3n) is 3.65. The molecule has 2 amide bonds. The first-order valence-corrected chi connectivity index (χ1v) is 8.24. The molecule has 7 heteroatoms. The average Bonchev–Trinajstić information content (AvgIpc) is 2.60. The van der Waals surface area contributed by atoms with Crippen molar-refractivity contribution in [3.63, 3.8) is 0 Å². The predicted molar refractivity (Wildman–Crippen MR) is 97.9 cm³/mol. The van der Waals surface area contributed by atoms with Gasteiger partial charge in [-0.3, -0.25) is 9.59 Å². The highest BCUT2D eigenvalue weighted by atomic mass is 19.4. The molecular formula is C20H19F3N2O2. The van der Waals surface area contributed by atoms with Crippen LogP contribution >= 0.6 is 0 Å². The molecule has 2 aromatic rings. The molecule has 0 aliphatic rings. The molecule has 0 radical (unpaired) electrons. The minimum atomic E-state index is -4.35. The van der Waals surface area contributed by atoms with Gasteiger partial charge in [-0.1, -0.05) is 24.3 Å². The number of hydrogen-bond acceptors (Lipinski definition) is 2. The van der Waals surface area contributed by atoms with Gasteiger partial charge in [0.2, 0.25) is 11.8 Å². The van der Waals surface area contributed by atoms with Crippen LogP contribution in [0.3, 0.4) is 0 Å². The Morgan fingerprint density at radius 2 is 1.63 bits per heavy atom. The topological polar surface area (TPSA) is 58.2 Å². The third-order valence-corrected chi connectivity index (χ3v) is 3.65. The van der Waals surface area contributed by atoms with Crippen molar-refractivity contribution in [2.45, 2.75) is 19.5 Å². The molecule has 0 aliphatic carbocycles. The summed E-state index contributed by atoms with van der Waals surface area (Å²) in [5.41, 5.74) is 1.48. The number of amides is 2. The summed E-state index contributed by atoms with van der Waals surface area (Å²) in [7, 11) is 0. The maximum atomic E-state index is 12.5. The number of alkyl halides is 3. The molecule has 0 aromatic heterocycles. The molecule has 142 valence electrons. The van der Waals surface area contributed by atoms with Gasteiger partial charge in [-0.05, 0) is 47.9 Å². The van der Waals surface area contributed by atoms with Crippen LogP contribution in [0.25, 0.3) is 6.08 Å². The predicted octanol–water partition coefficient (Wildman–Crippen LogP) is 4.04. The monoisotopic (exact) mass is 376 g/mol. The lowest BCUT2D eigenvalue weighted by atomic mass is 10.1. The van der Waals surface area contributed by atoms with Gasteiger partial charge in [-0.2, -0.15) is 13.2 Å². The van der Waals surface area contributed by atoms with Crippen molar-refractivity contribution >= 4 is 23.6 Å². The maximum absolute atomic E-state index is 12.5. The van der Waals surface area contributed by atoms with Gasteiger partial charge in [-0.25, -0.2) is 0 Å². The van der Waals surface area contributed by atoms with Gasteiger partial charge in [-0.15, -0.1) is 0 Å². The van der Waals surface area contributed by atoms with E-state index in [1.54, 1.807) is 30.3 Å². The molecule has 0 saturated carbocycles. The highest BCUT2D eigenvalue weighted by molar-refractivity contribution is 5.92. The Kier molecular flexibility index (Phi) is 6.76. The molecule has 4 nitrogen and oxygen atoms in total. The van der Waals surface area contributed by atoms with E-state index in [0.717, 1.165) is 17.7 Å². The van der Waals surface area contributed by atoms with E-state index in [1.807, 2.05) is 0 Å². The van der Waals surface area contributed by atoms with Gasteiger partial charge in [0.25, 0.3) is 0 Å². The SMILES string of the molecule is CC(=O)Nc1ccc(/C=C/C(=O)NCCc2ccc(C(F)(F)F)cc2)cc1. The number of halogens is 3. The van der Waals surface area contributed by atoms with E-state index in [1.165, 1.54) is 25.1 Å². The zero-order valence-electron chi connectivity index (χ0n) is 14.6. The molecule has 0 fully saturated rings. The second kappa shape index (κ2) is 9.02. The fraction of sp³-hybridized carbons (Fsp3) is 0.200. The minimum absolute atomic E-state index is 0.161. The van der Waals surface area contributed by atoms with Crippen molar-refractivity contribution in [1.29, 1.82) is 0 Å². The molecule has 2 aromatic carbocycles. The molecule has 27 heavy (non-hydrogen) atoms. The Bertz CT molecular complexity index is 811. The zero-order valence-corrected chi connectivity index (χ0v) is 14.6. The molecule has 0 saturated heterocycles. The average molecular weight is 376 g/mol. The van der Waals surface area contributed by atoms with E-state index in [-0.39, 0.29) is 11.8 Å². The summed E-state index contributed by atoms with van der Waals surface area (Å²) in [6, 6.07) is 11.8.